The van der Waals surface area contributed by atoms with Gasteiger partial charge in [0.1, 0.15) is 5.00 Å². The van der Waals surface area contributed by atoms with Crippen molar-refractivity contribution in [3.8, 4) is 0 Å². The van der Waals surface area contributed by atoms with Crippen molar-refractivity contribution >= 4 is 44.1 Å². The highest BCUT2D eigenvalue weighted by Gasteiger charge is 2.29. The van der Waals surface area contributed by atoms with Gasteiger partial charge in [-0.3, -0.25) is 4.79 Å². The Bertz CT molecular complexity index is 800. The van der Waals surface area contributed by atoms with Gasteiger partial charge in [-0.25, -0.2) is 4.79 Å². The van der Waals surface area contributed by atoms with Gasteiger partial charge in [-0.05, 0) is 48.9 Å². The number of carbonyl (C=O) groups excluding carboxylic acids is 2. The van der Waals surface area contributed by atoms with Gasteiger partial charge in [0, 0.05) is 14.9 Å². The van der Waals surface area contributed by atoms with Crippen LogP contribution in [0, 0.1) is 5.92 Å². The monoisotopic (exact) mass is 407 g/mol. The van der Waals surface area contributed by atoms with Gasteiger partial charge in [-0.15, -0.1) is 11.3 Å². The molecule has 1 aromatic heterocycles. The molecule has 4 nitrogen and oxygen atoms in total. The van der Waals surface area contributed by atoms with Crippen LogP contribution in [0.1, 0.15) is 44.5 Å². The number of esters is 1. The number of methoxy groups -OCH3 is 1. The van der Waals surface area contributed by atoms with E-state index in [1.165, 1.54) is 23.3 Å². The molecule has 1 aliphatic rings. The van der Waals surface area contributed by atoms with E-state index in [0.29, 0.717) is 22.0 Å². The normalized spacial score (nSPS) is 16.4. The number of nitrogens with one attached hydrogen (secondary N) is 1. The zero-order chi connectivity index (χ0) is 17.3. The molecule has 0 spiro atoms. The standard InChI is InChI=1S/C18H18BrNO3S/c1-10-6-7-13-14(8-10)24-17(15(13)18(22)23-2)20-16(21)11-4-3-5-12(19)9-11/h3-5,9-10H,6-8H2,1-2H3,(H,20,21)/t10-/m0/s1. The lowest BCUT2D eigenvalue weighted by atomic mass is 9.88. The molecule has 2 aromatic rings. The quantitative estimate of drug-likeness (QED) is 0.751. The van der Waals surface area contributed by atoms with Crippen LogP contribution in [-0.4, -0.2) is 19.0 Å². The lowest BCUT2D eigenvalue weighted by Crippen LogP contribution is -2.16. The van der Waals surface area contributed by atoms with Crippen molar-refractivity contribution in [2.75, 3.05) is 12.4 Å². The van der Waals surface area contributed by atoms with Gasteiger partial charge in [0.25, 0.3) is 5.91 Å². The van der Waals surface area contributed by atoms with E-state index in [0.717, 1.165) is 29.3 Å². The van der Waals surface area contributed by atoms with Crippen LogP contribution < -0.4 is 5.32 Å². The van der Waals surface area contributed by atoms with Gasteiger partial charge in [-0.2, -0.15) is 0 Å². The van der Waals surface area contributed by atoms with E-state index in [4.69, 9.17) is 4.74 Å². The summed E-state index contributed by atoms with van der Waals surface area (Å²) in [4.78, 5) is 26.0. The van der Waals surface area contributed by atoms with Crippen molar-refractivity contribution in [3.63, 3.8) is 0 Å². The maximum Gasteiger partial charge on any atom is 0.341 e. The fourth-order valence-electron chi connectivity index (χ4n) is 2.96. The van der Waals surface area contributed by atoms with E-state index in [1.807, 2.05) is 6.07 Å². The lowest BCUT2D eigenvalue weighted by Gasteiger charge is -2.18. The van der Waals surface area contributed by atoms with Crippen molar-refractivity contribution in [1.29, 1.82) is 0 Å². The van der Waals surface area contributed by atoms with Crippen molar-refractivity contribution in [2.45, 2.75) is 26.2 Å². The molecule has 1 aliphatic carbocycles. The van der Waals surface area contributed by atoms with Gasteiger partial charge in [-0.1, -0.05) is 28.9 Å². The third-order valence-electron chi connectivity index (χ3n) is 4.22. The number of rotatable bonds is 3. The first-order valence-corrected chi connectivity index (χ1v) is 9.40. The summed E-state index contributed by atoms with van der Waals surface area (Å²) in [5.74, 6) is -0.0185. The fourth-order valence-corrected chi connectivity index (χ4v) is 4.75. The number of anilines is 1. The maximum absolute atomic E-state index is 12.5. The first kappa shape index (κ1) is 17.2. The van der Waals surface area contributed by atoms with E-state index in [1.54, 1.807) is 18.2 Å². The molecule has 0 bridgehead atoms. The second-order valence-electron chi connectivity index (χ2n) is 6.01. The molecule has 1 N–H and O–H groups in total. The largest absolute Gasteiger partial charge is 0.465 e. The molecular formula is C18H18BrNO3S. The molecule has 0 fully saturated rings. The number of fused-ring (bicyclic) bond motifs is 1. The highest BCUT2D eigenvalue weighted by molar-refractivity contribution is 9.10. The van der Waals surface area contributed by atoms with Gasteiger partial charge in [0.2, 0.25) is 0 Å². The Kier molecular flexibility index (Phi) is 5.06. The number of amides is 1. The summed E-state index contributed by atoms with van der Waals surface area (Å²) < 4.78 is 5.78. The average Bonchev–Trinajstić information content (AvgIpc) is 2.90. The predicted molar refractivity (Wildman–Crippen MR) is 98.9 cm³/mol. The Morgan fingerprint density at radius 3 is 2.88 bits per heavy atom. The highest BCUT2D eigenvalue weighted by Crippen LogP contribution is 2.40. The molecule has 0 aliphatic heterocycles. The molecule has 0 saturated heterocycles. The van der Waals surface area contributed by atoms with Crippen LogP contribution in [0.25, 0.3) is 0 Å². The molecule has 1 atom stereocenters. The number of carbonyl (C=O) groups is 2. The van der Waals surface area contributed by atoms with E-state index >= 15 is 0 Å². The SMILES string of the molecule is COC(=O)c1c(NC(=O)c2cccc(Br)c2)sc2c1CC[C@H](C)C2. The average molecular weight is 408 g/mol. The maximum atomic E-state index is 12.5. The van der Waals surface area contributed by atoms with E-state index < -0.39 is 0 Å². The minimum absolute atomic E-state index is 0.229. The second kappa shape index (κ2) is 7.07. The number of thiophene rings is 1. The smallest absolute Gasteiger partial charge is 0.341 e. The molecule has 6 heteroatoms. The molecule has 3 rings (SSSR count). The van der Waals surface area contributed by atoms with Crippen LogP contribution in [0.2, 0.25) is 0 Å². The number of halogens is 1. The molecule has 1 heterocycles. The molecule has 0 saturated carbocycles. The van der Waals surface area contributed by atoms with E-state index in [2.05, 4.69) is 28.2 Å². The van der Waals surface area contributed by atoms with Crippen LogP contribution in [0.5, 0.6) is 0 Å². The number of ether oxygens (including phenoxy) is 1. The Labute approximate surface area is 153 Å². The van der Waals surface area contributed by atoms with Crippen molar-refractivity contribution < 1.29 is 14.3 Å². The Morgan fingerprint density at radius 1 is 1.38 bits per heavy atom. The number of hydrogen-bond donors (Lipinski definition) is 1. The minimum Gasteiger partial charge on any atom is -0.465 e. The third-order valence-corrected chi connectivity index (χ3v) is 5.88. The summed E-state index contributed by atoms with van der Waals surface area (Å²) in [6, 6.07) is 7.17. The summed E-state index contributed by atoms with van der Waals surface area (Å²) >= 11 is 4.86. The first-order chi connectivity index (χ1) is 11.5. The Morgan fingerprint density at radius 2 is 2.17 bits per heavy atom. The Balaban J connectivity index is 1.95. The molecule has 1 amide bonds. The Hall–Kier alpha value is -1.66. The summed E-state index contributed by atoms with van der Waals surface area (Å²) in [6.45, 7) is 2.21. The van der Waals surface area contributed by atoms with Crippen molar-refractivity contribution in [3.05, 3.63) is 50.3 Å². The van der Waals surface area contributed by atoms with Gasteiger partial charge in [0.05, 0.1) is 12.7 Å². The van der Waals surface area contributed by atoms with Crippen LogP contribution >= 0.6 is 27.3 Å². The van der Waals surface area contributed by atoms with Gasteiger partial charge < -0.3 is 10.1 Å². The zero-order valence-corrected chi connectivity index (χ0v) is 15.9. The first-order valence-electron chi connectivity index (χ1n) is 7.79. The number of benzene rings is 1. The van der Waals surface area contributed by atoms with E-state index in [-0.39, 0.29) is 11.9 Å². The zero-order valence-electron chi connectivity index (χ0n) is 13.5. The topological polar surface area (TPSA) is 55.4 Å². The van der Waals surface area contributed by atoms with Gasteiger partial charge in [0.15, 0.2) is 0 Å². The van der Waals surface area contributed by atoms with Crippen LogP contribution in [-0.2, 0) is 17.6 Å². The minimum atomic E-state index is -0.383. The molecular weight excluding hydrogens is 390 g/mol. The summed E-state index contributed by atoms with van der Waals surface area (Å²) in [6.07, 6.45) is 2.84. The summed E-state index contributed by atoms with van der Waals surface area (Å²) in [5.41, 5.74) is 2.10. The second-order valence-corrected chi connectivity index (χ2v) is 8.03. The van der Waals surface area contributed by atoms with Crippen molar-refractivity contribution in [2.24, 2.45) is 5.92 Å². The fraction of sp³-hybridized carbons (Fsp3) is 0.333. The summed E-state index contributed by atoms with van der Waals surface area (Å²) in [7, 11) is 1.37. The molecule has 0 unspecified atom stereocenters. The number of hydrogen-bond acceptors (Lipinski definition) is 4. The van der Waals surface area contributed by atoms with Crippen molar-refractivity contribution in [1.82, 2.24) is 0 Å². The van der Waals surface area contributed by atoms with Crippen LogP contribution in [0.3, 0.4) is 0 Å². The van der Waals surface area contributed by atoms with Gasteiger partial charge >= 0.3 is 5.97 Å². The predicted octanol–water partition coefficient (Wildman–Crippen LogP) is 4.67. The highest BCUT2D eigenvalue weighted by atomic mass is 79.9. The molecule has 1 aromatic carbocycles. The van der Waals surface area contributed by atoms with Crippen LogP contribution in [0.4, 0.5) is 5.00 Å². The molecule has 0 radical (unpaired) electrons. The summed E-state index contributed by atoms with van der Waals surface area (Å²) in [5, 5.41) is 3.49. The van der Waals surface area contributed by atoms with E-state index in [9.17, 15) is 9.59 Å². The van der Waals surface area contributed by atoms with Crippen LogP contribution in [0.15, 0.2) is 28.7 Å². The molecule has 126 valence electrons. The third kappa shape index (κ3) is 3.39. The lowest BCUT2D eigenvalue weighted by molar-refractivity contribution is 0.0601. The molecule has 24 heavy (non-hydrogen) atoms.